The standard InChI is InChI=1S/C27H31N3O3S/c1-3-29(4-2)20-24-12-6-5-11-23(24)19-28-27(31)22-13-9-14-25(18-22)34(32,33)30-17-16-21-10-7-8-15-26(21)30/h5-15,18H,3-4,16-17,19-20H2,1-2H3,(H,28,31). The lowest BCUT2D eigenvalue weighted by Crippen LogP contribution is -2.29. The van der Waals surface area contributed by atoms with Crippen molar-refractivity contribution in [2.75, 3.05) is 23.9 Å². The Kier molecular flexibility index (Phi) is 7.34. The van der Waals surface area contributed by atoms with Crippen LogP contribution in [0.3, 0.4) is 0 Å². The van der Waals surface area contributed by atoms with Gasteiger partial charge >= 0.3 is 0 Å². The molecule has 3 aromatic carbocycles. The number of nitrogens with one attached hydrogen (secondary N) is 1. The van der Waals surface area contributed by atoms with Gasteiger partial charge in [-0.1, -0.05) is 62.4 Å². The van der Waals surface area contributed by atoms with Crippen LogP contribution in [0.15, 0.2) is 77.7 Å². The molecule has 0 spiro atoms. The van der Waals surface area contributed by atoms with Gasteiger partial charge in [0.1, 0.15) is 0 Å². The first-order chi connectivity index (χ1) is 16.4. The zero-order valence-electron chi connectivity index (χ0n) is 19.7. The fourth-order valence-corrected chi connectivity index (χ4v) is 5.88. The lowest BCUT2D eigenvalue weighted by atomic mass is 10.1. The molecule has 1 amide bonds. The van der Waals surface area contributed by atoms with E-state index in [-0.39, 0.29) is 10.8 Å². The van der Waals surface area contributed by atoms with Gasteiger partial charge in [0.2, 0.25) is 0 Å². The highest BCUT2D eigenvalue weighted by molar-refractivity contribution is 7.92. The van der Waals surface area contributed by atoms with Crippen LogP contribution < -0.4 is 9.62 Å². The summed E-state index contributed by atoms with van der Waals surface area (Å²) in [6.07, 6.45) is 0.683. The van der Waals surface area contributed by atoms with Crippen molar-refractivity contribution < 1.29 is 13.2 Å². The average Bonchev–Trinajstić information content (AvgIpc) is 3.31. The Morgan fingerprint density at radius 1 is 0.941 bits per heavy atom. The number of rotatable bonds is 9. The van der Waals surface area contributed by atoms with Crippen molar-refractivity contribution in [2.45, 2.75) is 38.3 Å². The highest BCUT2D eigenvalue weighted by Crippen LogP contribution is 2.32. The third-order valence-corrected chi connectivity index (χ3v) is 8.18. The Bertz CT molecular complexity index is 1270. The van der Waals surface area contributed by atoms with E-state index in [1.54, 1.807) is 18.2 Å². The first kappa shape index (κ1) is 24.0. The number of benzene rings is 3. The molecule has 178 valence electrons. The molecule has 0 saturated heterocycles. The monoisotopic (exact) mass is 477 g/mol. The van der Waals surface area contributed by atoms with Crippen LogP contribution >= 0.6 is 0 Å². The highest BCUT2D eigenvalue weighted by Gasteiger charge is 2.30. The average molecular weight is 478 g/mol. The van der Waals surface area contributed by atoms with E-state index >= 15 is 0 Å². The summed E-state index contributed by atoms with van der Waals surface area (Å²) in [5.41, 5.74) is 4.29. The molecule has 0 aliphatic carbocycles. The molecule has 7 heteroatoms. The van der Waals surface area contributed by atoms with Crippen molar-refractivity contribution in [2.24, 2.45) is 0 Å². The second-order valence-corrected chi connectivity index (χ2v) is 10.3. The second-order valence-electron chi connectivity index (χ2n) is 8.40. The fourth-order valence-electron chi connectivity index (χ4n) is 4.33. The Balaban J connectivity index is 1.50. The van der Waals surface area contributed by atoms with Crippen LogP contribution in [0.5, 0.6) is 0 Å². The van der Waals surface area contributed by atoms with Crippen LogP contribution in [-0.2, 0) is 29.5 Å². The number of fused-ring (bicyclic) bond motifs is 1. The number of carbonyl (C=O) groups excluding carboxylic acids is 1. The maximum atomic E-state index is 13.3. The van der Waals surface area contributed by atoms with Crippen LogP contribution in [0, 0.1) is 0 Å². The number of carbonyl (C=O) groups is 1. The summed E-state index contributed by atoms with van der Waals surface area (Å²) in [7, 11) is -3.75. The minimum absolute atomic E-state index is 0.124. The molecule has 3 aromatic rings. The molecule has 0 aromatic heterocycles. The predicted molar refractivity (Wildman–Crippen MR) is 135 cm³/mol. The molecule has 0 saturated carbocycles. The van der Waals surface area contributed by atoms with Crippen LogP contribution in [-0.4, -0.2) is 38.9 Å². The number of amides is 1. The van der Waals surface area contributed by atoms with E-state index in [1.807, 2.05) is 42.5 Å². The van der Waals surface area contributed by atoms with Gasteiger partial charge in [0.15, 0.2) is 0 Å². The van der Waals surface area contributed by atoms with Gasteiger partial charge in [0, 0.05) is 25.2 Å². The number of anilines is 1. The molecule has 0 atom stereocenters. The SMILES string of the molecule is CCN(CC)Cc1ccccc1CNC(=O)c1cccc(S(=O)(=O)N2CCc3ccccc32)c1. The van der Waals surface area contributed by atoms with Crippen molar-refractivity contribution in [1.82, 2.24) is 10.2 Å². The van der Waals surface area contributed by atoms with Crippen molar-refractivity contribution in [3.63, 3.8) is 0 Å². The minimum Gasteiger partial charge on any atom is -0.348 e. The van der Waals surface area contributed by atoms with Gasteiger partial charge in [0.25, 0.3) is 15.9 Å². The molecule has 4 rings (SSSR count). The van der Waals surface area contributed by atoms with Crippen LogP contribution in [0.2, 0.25) is 0 Å². The van der Waals surface area contributed by atoms with Crippen molar-refractivity contribution in [3.8, 4) is 0 Å². The summed E-state index contributed by atoms with van der Waals surface area (Å²) in [6, 6.07) is 21.9. The molecule has 6 nitrogen and oxygen atoms in total. The zero-order chi connectivity index (χ0) is 24.1. The van der Waals surface area contributed by atoms with Crippen molar-refractivity contribution in [1.29, 1.82) is 0 Å². The summed E-state index contributed by atoms with van der Waals surface area (Å²) in [5.74, 6) is -0.295. The molecule has 0 radical (unpaired) electrons. The molecular formula is C27H31N3O3S. The Morgan fingerprint density at radius 3 is 2.41 bits per heavy atom. The van der Waals surface area contributed by atoms with Gasteiger partial charge in [-0.25, -0.2) is 8.42 Å². The maximum Gasteiger partial charge on any atom is 0.264 e. The van der Waals surface area contributed by atoms with Crippen LogP contribution in [0.25, 0.3) is 0 Å². The molecular weight excluding hydrogens is 446 g/mol. The van der Waals surface area contributed by atoms with E-state index in [0.29, 0.717) is 30.8 Å². The van der Waals surface area contributed by atoms with Crippen molar-refractivity contribution >= 4 is 21.6 Å². The lowest BCUT2D eigenvalue weighted by molar-refractivity contribution is 0.0950. The first-order valence-corrected chi connectivity index (χ1v) is 13.2. The molecule has 1 aliphatic rings. The van der Waals surface area contributed by atoms with Crippen molar-refractivity contribution in [3.05, 3.63) is 95.1 Å². The summed E-state index contributed by atoms with van der Waals surface area (Å²) in [4.78, 5) is 15.4. The number of sulfonamides is 1. The topological polar surface area (TPSA) is 69.7 Å². The number of hydrogen-bond acceptors (Lipinski definition) is 4. The van der Waals surface area contributed by atoms with Crippen LogP contribution in [0.4, 0.5) is 5.69 Å². The summed E-state index contributed by atoms with van der Waals surface area (Å²) < 4.78 is 28.1. The quantitative estimate of drug-likeness (QED) is 0.501. The van der Waals surface area contributed by atoms with Gasteiger partial charge in [-0.2, -0.15) is 0 Å². The van der Waals surface area contributed by atoms with E-state index in [1.165, 1.54) is 15.9 Å². The maximum absolute atomic E-state index is 13.3. The molecule has 1 N–H and O–H groups in total. The third-order valence-electron chi connectivity index (χ3n) is 6.37. The zero-order valence-corrected chi connectivity index (χ0v) is 20.5. The van der Waals surface area contributed by atoms with Crippen LogP contribution in [0.1, 0.15) is 40.9 Å². The van der Waals surface area contributed by atoms with E-state index in [4.69, 9.17) is 0 Å². The first-order valence-electron chi connectivity index (χ1n) is 11.7. The lowest BCUT2D eigenvalue weighted by Gasteiger charge is -2.20. The van der Waals surface area contributed by atoms with Gasteiger partial charge in [-0.15, -0.1) is 0 Å². The number of para-hydroxylation sites is 1. The van der Waals surface area contributed by atoms with E-state index < -0.39 is 10.0 Å². The van der Waals surface area contributed by atoms with Gasteiger partial charge in [-0.05, 0) is 60.5 Å². The highest BCUT2D eigenvalue weighted by atomic mass is 32.2. The molecule has 0 bridgehead atoms. The molecule has 1 aliphatic heterocycles. The molecule has 34 heavy (non-hydrogen) atoms. The number of nitrogens with zero attached hydrogens (tertiary/aromatic N) is 2. The Morgan fingerprint density at radius 2 is 1.65 bits per heavy atom. The van der Waals surface area contributed by atoms with E-state index in [2.05, 4.69) is 30.1 Å². The smallest absolute Gasteiger partial charge is 0.264 e. The van der Waals surface area contributed by atoms with Gasteiger partial charge in [0.05, 0.1) is 10.6 Å². The number of hydrogen-bond donors (Lipinski definition) is 1. The minimum atomic E-state index is -3.75. The van der Waals surface area contributed by atoms with E-state index in [0.717, 1.165) is 30.8 Å². The molecule has 1 heterocycles. The largest absolute Gasteiger partial charge is 0.348 e. The second kappa shape index (κ2) is 10.4. The van der Waals surface area contributed by atoms with E-state index in [9.17, 15) is 13.2 Å². The molecule has 0 unspecified atom stereocenters. The Hall–Kier alpha value is -3.16. The third kappa shape index (κ3) is 5.00. The predicted octanol–water partition coefficient (Wildman–Crippen LogP) is 4.21. The molecule has 0 fully saturated rings. The van der Waals surface area contributed by atoms with Gasteiger partial charge in [-0.3, -0.25) is 14.0 Å². The van der Waals surface area contributed by atoms with Gasteiger partial charge < -0.3 is 5.32 Å². The fraction of sp³-hybridized carbons (Fsp3) is 0.296. The summed E-state index contributed by atoms with van der Waals surface area (Å²) >= 11 is 0. The summed E-state index contributed by atoms with van der Waals surface area (Å²) in [5, 5.41) is 2.96. The Labute approximate surface area is 202 Å². The summed E-state index contributed by atoms with van der Waals surface area (Å²) in [6.45, 7) is 7.80. The normalized spacial score (nSPS) is 13.2.